The number of ether oxygens (including phenoxy) is 1. The van der Waals surface area contributed by atoms with E-state index in [1.54, 1.807) is 31.2 Å². The number of rotatable bonds is 9. The van der Waals surface area contributed by atoms with Gasteiger partial charge in [0.25, 0.3) is 11.5 Å². The molecule has 0 atom stereocenters. The van der Waals surface area contributed by atoms with E-state index in [-0.39, 0.29) is 28.3 Å². The highest BCUT2D eigenvalue weighted by Gasteiger charge is 2.21. The van der Waals surface area contributed by atoms with Gasteiger partial charge in [0, 0.05) is 35.1 Å². The number of amides is 1. The zero-order valence-electron chi connectivity index (χ0n) is 20.3. The van der Waals surface area contributed by atoms with Gasteiger partial charge < -0.3 is 15.0 Å². The van der Waals surface area contributed by atoms with Crippen molar-refractivity contribution in [1.29, 1.82) is 0 Å². The number of H-pyrrole nitrogens is 1. The van der Waals surface area contributed by atoms with Crippen LogP contribution in [-0.4, -0.2) is 37.9 Å². The SMILES string of the molecule is COc1ccc(C(=O)Nc2cccc(-c3nc(C)cc(=O)[nH]3)c2)cc1S(=O)(=O)NCCc1ccccc1. The predicted molar refractivity (Wildman–Crippen MR) is 141 cm³/mol. The van der Waals surface area contributed by atoms with E-state index in [9.17, 15) is 18.0 Å². The number of aromatic nitrogens is 2. The Labute approximate surface area is 214 Å². The second kappa shape index (κ2) is 11.2. The molecule has 9 nitrogen and oxygen atoms in total. The lowest BCUT2D eigenvalue weighted by Crippen LogP contribution is -2.27. The lowest BCUT2D eigenvalue weighted by atomic mass is 10.1. The van der Waals surface area contributed by atoms with E-state index in [0.717, 1.165) is 5.56 Å². The van der Waals surface area contributed by atoms with Crippen LogP contribution >= 0.6 is 0 Å². The van der Waals surface area contributed by atoms with E-state index in [1.165, 1.54) is 31.4 Å². The number of anilines is 1. The second-order valence-corrected chi connectivity index (χ2v) is 10.0. The van der Waals surface area contributed by atoms with Gasteiger partial charge in [0.1, 0.15) is 16.5 Å². The zero-order valence-corrected chi connectivity index (χ0v) is 21.1. The number of carbonyl (C=O) groups excluding carboxylic acids is 1. The van der Waals surface area contributed by atoms with E-state index in [2.05, 4.69) is 20.0 Å². The van der Waals surface area contributed by atoms with Crippen LogP contribution in [0.3, 0.4) is 0 Å². The molecule has 1 heterocycles. The third-order valence-corrected chi connectivity index (χ3v) is 7.01. The first kappa shape index (κ1) is 25.8. The second-order valence-electron chi connectivity index (χ2n) is 8.27. The van der Waals surface area contributed by atoms with Crippen LogP contribution in [0.15, 0.2) is 88.6 Å². The first-order valence-corrected chi connectivity index (χ1v) is 12.9. The van der Waals surface area contributed by atoms with Crippen LogP contribution in [0.25, 0.3) is 11.4 Å². The fourth-order valence-electron chi connectivity index (χ4n) is 3.74. The van der Waals surface area contributed by atoms with Crippen LogP contribution in [-0.2, 0) is 16.4 Å². The standard InChI is InChI=1S/C27H26N4O5S/c1-18-15-25(32)31-26(29-18)20-9-6-10-22(16-20)30-27(33)21-11-12-23(36-2)24(17-21)37(34,35)28-14-13-19-7-4-3-5-8-19/h3-12,15-17,28H,13-14H2,1-2H3,(H,30,33)(H,29,31,32). The molecule has 4 rings (SSSR count). The fraction of sp³-hybridized carbons (Fsp3) is 0.148. The number of aromatic amines is 1. The molecule has 3 N–H and O–H groups in total. The van der Waals surface area contributed by atoms with Crippen molar-refractivity contribution in [2.45, 2.75) is 18.2 Å². The first-order chi connectivity index (χ1) is 17.7. The summed E-state index contributed by atoms with van der Waals surface area (Å²) in [4.78, 5) is 31.7. The van der Waals surface area contributed by atoms with Crippen LogP contribution < -0.4 is 20.3 Å². The van der Waals surface area contributed by atoms with Crippen molar-refractivity contribution in [2.24, 2.45) is 0 Å². The summed E-state index contributed by atoms with van der Waals surface area (Å²) in [7, 11) is -2.58. The minimum Gasteiger partial charge on any atom is -0.495 e. The highest BCUT2D eigenvalue weighted by atomic mass is 32.2. The number of hydrogen-bond acceptors (Lipinski definition) is 6. The molecule has 0 radical (unpaired) electrons. The molecule has 0 aliphatic carbocycles. The van der Waals surface area contributed by atoms with E-state index < -0.39 is 15.9 Å². The Morgan fingerprint density at radius 3 is 2.51 bits per heavy atom. The molecule has 4 aromatic rings. The monoisotopic (exact) mass is 518 g/mol. The van der Waals surface area contributed by atoms with Gasteiger partial charge in [-0.15, -0.1) is 0 Å². The van der Waals surface area contributed by atoms with Gasteiger partial charge in [0.05, 0.1) is 7.11 Å². The predicted octanol–water partition coefficient (Wildman–Crippen LogP) is 3.53. The number of carbonyl (C=O) groups is 1. The number of nitrogens with one attached hydrogen (secondary N) is 3. The highest BCUT2D eigenvalue weighted by molar-refractivity contribution is 7.89. The number of hydrogen-bond donors (Lipinski definition) is 3. The maximum Gasteiger partial charge on any atom is 0.255 e. The molecule has 0 bridgehead atoms. The van der Waals surface area contributed by atoms with Crippen LogP contribution in [0.5, 0.6) is 5.75 Å². The van der Waals surface area contributed by atoms with Crippen molar-refractivity contribution >= 4 is 21.6 Å². The van der Waals surface area contributed by atoms with Crippen LogP contribution in [0.2, 0.25) is 0 Å². The van der Waals surface area contributed by atoms with Crippen molar-refractivity contribution in [2.75, 3.05) is 19.0 Å². The molecule has 0 saturated heterocycles. The summed E-state index contributed by atoms with van der Waals surface area (Å²) in [5, 5.41) is 2.76. The average molecular weight is 519 g/mol. The van der Waals surface area contributed by atoms with Gasteiger partial charge in [-0.25, -0.2) is 18.1 Å². The third kappa shape index (κ3) is 6.49. The van der Waals surface area contributed by atoms with Crippen LogP contribution in [0.1, 0.15) is 21.6 Å². The van der Waals surface area contributed by atoms with Gasteiger partial charge in [-0.2, -0.15) is 0 Å². The lowest BCUT2D eigenvalue weighted by Gasteiger charge is -2.13. The van der Waals surface area contributed by atoms with Gasteiger partial charge >= 0.3 is 0 Å². The highest BCUT2D eigenvalue weighted by Crippen LogP contribution is 2.26. The summed E-state index contributed by atoms with van der Waals surface area (Å²) in [6.07, 6.45) is 0.514. The molecule has 190 valence electrons. The van der Waals surface area contributed by atoms with Gasteiger partial charge in [0.2, 0.25) is 10.0 Å². The Kier molecular flexibility index (Phi) is 7.80. The summed E-state index contributed by atoms with van der Waals surface area (Å²) in [6, 6.07) is 21.9. The minimum atomic E-state index is -3.95. The van der Waals surface area contributed by atoms with E-state index in [0.29, 0.717) is 29.2 Å². The largest absolute Gasteiger partial charge is 0.495 e. The topological polar surface area (TPSA) is 130 Å². The molecule has 10 heteroatoms. The molecular weight excluding hydrogens is 492 g/mol. The Morgan fingerprint density at radius 1 is 1.00 bits per heavy atom. The zero-order chi connectivity index (χ0) is 26.4. The summed E-state index contributed by atoms with van der Waals surface area (Å²) >= 11 is 0. The summed E-state index contributed by atoms with van der Waals surface area (Å²) < 4.78 is 33.9. The maximum atomic E-state index is 13.0. The molecule has 1 amide bonds. The van der Waals surface area contributed by atoms with Crippen molar-refractivity contribution in [1.82, 2.24) is 14.7 Å². The Morgan fingerprint density at radius 2 is 1.78 bits per heavy atom. The van der Waals surface area contributed by atoms with Crippen LogP contribution in [0.4, 0.5) is 5.69 Å². The molecule has 0 unspecified atom stereocenters. The number of benzene rings is 3. The Bertz CT molecular complexity index is 1580. The van der Waals surface area contributed by atoms with E-state index in [4.69, 9.17) is 4.74 Å². The molecule has 0 spiro atoms. The molecule has 3 aromatic carbocycles. The Hall–Kier alpha value is -4.28. The van der Waals surface area contributed by atoms with Crippen molar-refractivity contribution in [3.05, 3.63) is 106 Å². The molecule has 37 heavy (non-hydrogen) atoms. The number of sulfonamides is 1. The van der Waals surface area contributed by atoms with Gasteiger partial charge in [0.15, 0.2) is 0 Å². The first-order valence-electron chi connectivity index (χ1n) is 11.5. The number of methoxy groups -OCH3 is 1. The molecule has 0 aliphatic heterocycles. The molecule has 0 saturated carbocycles. The van der Waals surface area contributed by atoms with Crippen molar-refractivity contribution < 1.29 is 17.9 Å². The normalized spacial score (nSPS) is 11.2. The van der Waals surface area contributed by atoms with Gasteiger partial charge in [-0.1, -0.05) is 42.5 Å². The average Bonchev–Trinajstić information content (AvgIpc) is 2.88. The van der Waals surface area contributed by atoms with E-state index >= 15 is 0 Å². The minimum absolute atomic E-state index is 0.125. The summed E-state index contributed by atoms with van der Waals surface area (Å²) in [5.41, 5.74) is 2.49. The summed E-state index contributed by atoms with van der Waals surface area (Å²) in [5.74, 6) is -0.00743. The number of nitrogens with zero attached hydrogens (tertiary/aromatic N) is 1. The summed E-state index contributed by atoms with van der Waals surface area (Å²) in [6.45, 7) is 1.91. The van der Waals surface area contributed by atoms with Crippen molar-refractivity contribution in [3.8, 4) is 17.1 Å². The molecular formula is C27H26N4O5S. The van der Waals surface area contributed by atoms with Crippen LogP contribution in [0, 0.1) is 6.92 Å². The fourth-order valence-corrected chi connectivity index (χ4v) is 4.97. The quantitative estimate of drug-likeness (QED) is 0.311. The van der Waals surface area contributed by atoms with Gasteiger partial charge in [-0.05, 0) is 49.2 Å². The molecule has 0 aliphatic rings. The maximum absolute atomic E-state index is 13.0. The Balaban J connectivity index is 1.53. The smallest absolute Gasteiger partial charge is 0.255 e. The lowest BCUT2D eigenvalue weighted by molar-refractivity contribution is 0.102. The van der Waals surface area contributed by atoms with Crippen molar-refractivity contribution in [3.63, 3.8) is 0 Å². The molecule has 0 fully saturated rings. The third-order valence-electron chi connectivity index (χ3n) is 5.53. The van der Waals surface area contributed by atoms with E-state index in [1.807, 2.05) is 30.3 Å². The molecule has 1 aromatic heterocycles. The number of aryl methyl sites for hydroxylation is 1. The van der Waals surface area contributed by atoms with Gasteiger partial charge in [-0.3, -0.25) is 9.59 Å².